The van der Waals surface area contributed by atoms with Gasteiger partial charge < -0.3 is 5.32 Å². The van der Waals surface area contributed by atoms with Crippen LogP contribution in [0.25, 0.3) is 0 Å². The minimum atomic E-state index is -1.00. The number of anilines is 1. The van der Waals surface area contributed by atoms with Crippen molar-refractivity contribution in [1.29, 1.82) is 0 Å². The number of hydrogen-bond donors (Lipinski definition) is 2. The molecule has 0 radical (unpaired) electrons. The van der Waals surface area contributed by atoms with Gasteiger partial charge in [-0.2, -0.15) is 0 Å². The van der Waals surface area contributed by atoms with Gasteiger partial charge in [-0.15, -0.1) is 23.2 Å². The number of rotatable bonds is 4. The minimum absolute atomic E-state index is 0.212. The maximum Gasteiger partial charge on any atom is 0.233 e. The van der Waals surface area contributed by atoms with Crippen LogP contribution in [0.2, 0.25) is 0 Å². The molecule has 122 valence electrons. The Morgan fingerprint density at radius 3 is 2.39 bits per heavy atom. The van der Waals surface area contributed by atoms with Crippen LogP contribution in [0.4, 0.5) is 5.69 Å². The Labute approximate surface area is 143 Å². The first-order valence-electron chi connectivity index (χ1n) is 7.33. The number of benzene rings is 1. The van der Waals surface area contributed by atoms with Crippen LogP contribution in [0.3, 0.4) is 0 Å². The van der Waals surface area contributed by atoms with Crippen molar-refractivity contribution in [3.63, 3.8) is 0 Å². The lowest BCUT2D eigenvalue weighted by Crippen LogP contribution is -2.25. The molecule has 1 aromatic carbocycles. The summed E-state index contributed by atoms with van der Waals surface area (Å²) in [5, 5.41) is 5.09. The van der Waals surface area contributed by atoms with Crippen LogP contribution in [0, 0.1) is 11.3 Å². The van der Waals surface area contributed by atoms with Crippen LogP contribution in [0.5, 0.6) is 0 Å². The van der Waals surface area contributed by atoms with Crippen LogP contribution in [-0.4, -0.2) is 22.1 Å². The lowest BCUT2D eigenvalue weighted by atomic mass is 9.98. The van der Waals surface area contributed by atoms with Gasteiger partial charge in [0, 0.05) is 12.1 Å². The fourth-order valence-electron chi connectivity index (χ4n) is 2.70. The van der Waals surface area contributed by atoms with Crippen LogP contribution < -0.4 is 10.6 Å². The summed E-state index contributed by atoms with van der Waals surface area (Å²) in [6.45, 7) is 1.73. The van der Waals surface area contributed by atoms with Gasteiger partial charge in [-0.25, -0.2) is 0 Å². The number of halogens is 2. The third-order valence-electron chi connectivity index (χ3n) is 4.52. The van der Waals surface area contributed by atoms with Gasteiger partial charge in [0.1, 0.15) is 4.33 Å². The highest BCUT2D eigenvalue weighted by Gasteiger charge is 2.67. The molecule has 1 saturated carbocycles. The Balaban J connectivity index is 1.61. The third kappa shape index (κ3) is 3.08. The standard InChI is InChI=1S/C16H16Cl2N2O3/c1-15(8-16(15,17)18)14(23)19-11-4-2-9(3-5-11)6-10-7-12(21)20-13(10)22/h2-5,10H,6-8H2,1H3,(H,19,23)(H,20,21,22). The smallest absolute Gasteiger partial charge is 0.233 e. The molecule has 0 spiro atoms. The van der Waals surface area contributed by atoms with Gasteiger partial charge in [0.05, 0.1) is 11.3 Å². The molecule has 3 amide bonds. The van der Waals surface area contributed by atoms with Crippen LogP contribution in [-0.2, 0) is 20.8 Å². The topological polar surface area (TPSA) is 75.3 Å². The van der Waals surface area contributed by atoms with Crippen molar-refractivity contribution in [3.05, 3.63) is 29.8 Å². The zero-order chi connectivity index (χ0) is 16.8. The Morgan fingerprint density at radius 1 is 1.30 bits per heavy atom. The number of nitrogens with one attached hydrogen (secondary N) is 2. The summed E-state index contributed by atoms with van der Waals surface area (Å²) in [7, 11) is 0. The fourth-order valence-corrected chi connectivity index (χ4v) is 3.40. The predicted octanol–water partition coefficient (Wildman–Crippen LogP) is 2.41. The van der Waals surface area contributed by atoms with Gasteiger partial charge in [0.2, 0.25) is 17.7 Å². The summed E-state index contributed by atoms with van der Waals surface area (Å²) in [4.78, 5) is 34.9. The van der Waals surface area contributed by atoms with Crippen molar-refractivity contribution in [2.45, 2.75) is 30.5 Å². The van der Waals surface area contributed by atoms with Gasteiger partial charge >= 0.3 is 0 Å². The first-order valence-corrected chi connectivity index (χ1v) is 8.09. The summed E-state index contributed by atoms with van der Waals surface area (Å²) in [6, 6.07) is 7.18. The van der Waals surface area contributed by atoms with E-state index in [1.165, 1.54) is 0 Å². The molecule has 1 heterocycles. The number of hydrogen-bond acceptors (Lipinski definition) is 3. The Hall–Kier alpha value is -1.59. The number of imide groups is 1. The molecule has 23 heavy (non-hydrogen) atoms. The summed E-state index contributed by atoms with van der Waals surface area (Å²) in [5.41, 5.74) is 0.805. The predicted molar refractivity (Wildman–Crippen MR) is 87.2 cm³/mol. The van der Waals surface area contributed by atoms with E-state index in [2.05, 4.69) is 10.6 Å². The Bertz CT molecular complexity index is 687. The van der Waals surface area contributed by atoms with Crippen molar-refractivity contribution in [2.75, 3.05) is 5.32 Å². The van der Waals surface area contributed by atoms with Crippen molar-refractivity contribution in [3.8, 4) is 0 Å². The number of carbonyl (C=O) groups excluding carboxylic acids is 3. The molecule has 2 N–H and O–H groups in total. The lowest BCUT2D eigenvalue weighted by molar-refractivity contribution is -0.126. The van der Waals surface area contributed by atoms with Crippen LogP contribution in [0.1, 0.15) is 25.3 Å². The third-order valence-corrected chi connectivity index (χ3v) is 5.62. The summed E-state index contributed by atoms with van der Waals surface area (Å²) >= 11 is 12.0. The van der Waals surface area contributed by atoms with E-state index >= 15 is 0 Å². The molecule has 2 atom stereocenters. The van der Waals surface area contributed by atoms with Gasteiger partial charge in [0.15, 0.2) is 0 Å². The quantitative estimate of drug-likeness (QED) is 0.643. The summed E-state index contributed by atoms with van der Waals surface area (Å²) in [6.07, 6.45) is 1.15. The first-order chi connectivity index (χ1) is 10.7. The Kier molecular flexibility index (Phi) is 3.89. The highest BCUT2D eigenvalue weighted by atomic mass is 35.5. The molecule has 2 aliphatic rings. The maximum absolute atomic E-state index is 12.2. The summed E-state index contributed by atoms with van der Waals surface area (Å²) in [5.74, 6) is -0.987. The first kappa shape index (κ1) is 16.3. The van der Waals surface area contributed by atoms with Crippen molar-refractivity contribution in [1.82, 2.24) is 5.32 Å². The van der Waals surface area contributed by atoms with Crippen molar-refractivity contribution >= 4 is 46.6 Å². The van der Waals surface area contributed by atoms with E-state index in [0.717, 1.165) is 5.56 Å². The average Bonchev–Trinajstić information content (AvgIpc) is 2.83. The van der Waals surface area contributed by atoms with Crippen molar-refractivity contribution in [2.24, 2.45) is 11.3 Å². The zero-order valence-electron chi connectivity index (χ0n) is 12.5. The molecular weight excluding hydrogens is 339 g/mol. The molecule has 2 unspecified atom stereocenters. The van der Waals surface area contributed by atoms with E-state index in [1.807, 2.05) is 12.1 Å². The van der Waals surface area contributed by atoms with Crippen LogP contribution in [0.15, 0.2) is 24.3 Å². The molecule has 1 aliphatic heterocycles. The molecule has 1 aliphatic carbocycles. The number of carbonyl (C=O) groups is 3. The second-order valence-corrected chi connectivity index (χ2v) is 7.87. The minimum Gasteiger partial charge on any atom is -0.326 e. The van der Waals surface area contributed by atoms with E-state index in [-0.39, 0.29) is 30.1 Å². The highest BCUT2D eigenvalue weighted by Crippen LogP contribution is 2.64. The van der Waals surface area contributed by atoms with E-state index in [1.54, 1.807) is 19.1 Å². The fraction of sp³-hybridized carbons (Fsp3) is 0.438. The van der Waals surface area contributed by atoms with Crippen molar-refractivity contribution < 1.29 is 14.4 Å². The normalized spacial score (nSPS) is 28.4. The van der Waals surface area contributed by atoms with Crippen LogP contribution >= 0.6 is 23.2 Å². The average molecular weight is 355 g/mol. The molecule has 1 saturated heterocycles. The number of amides is 3. The molecule has 7 heteroatoms. The maximum atomic E-state index is 12.2. The molecular formula is C16H16Cl2N2O3. The van der Waals surface area contributed by atoms with Gasteiger partial charge in [-0.3, -0.25) is 19.7 Å². The number of alkyl halides is 2. The molecule has 3 rings (SSSR count). The lowest BCUT2D eigenvalue weighted by Gasteiger charge is -2.13. The van der Waals surface area contributed by atoms with Gasteiger partial charge in [-0.05, 0) is 37.5 Å². The molecule has 2 fully saturated rings. The van der Waals surface area contributed by atoms with E-state index < -0.39 is 9.75 Å². The van der Waals surface area contributed by atoms with Gasteiger partial charge in [-0.1, -0.05) is 12.1 Å². The van der Waals surface area contributed by atoms with E-state index in [0.29, 0.717) is 18.5 Å². The monoisotopic (exact) mass is 354 g/mol. The highest BCUT2D eigenvalue weighted by molar-refractivity contribution is 6.53. The molecule has 1 aromatic rings. The second kappa shape index (κ2) is 5.49. The van der Waals surface area contributed by atoms with E-state index in [9.17, 15) is 14.4 Å². The molecule has 0 aromatic heterocycles. The molecule has 0 bridgehead atoms. The Morgan fingerprint density at radius 2 is 1.91 bits per heavy atom. The molecule has 5 nitrogen and oxygen atoms in total. The zero-order valence-corrected chi connectivity index (χ0v) is 14.0. The summed E-state index contributed by atoms with van der Waals surface area (Å²) < 4.78 is -1.00. The van der Waals surface area contributed by atoms with E-state index in [4.69, 9.17) is 23.2 Å². The second-order valence-electron chi connectivity index (χ2n) is 6.38. The van der Waals surface area contributed by atoms with Gasteiger partial charge in [0.25, 0.3) is 0 Å². The SMILES string of the molecule is CC1(C(=O)Nc2ccc(CC3CC(=O)NC3=O)cc2)CC1(Cl)Cl. The largest absolute Gasteiger partial charge is 0.326 e.